The highest BCUT2D eigenvalue weighted by molar-refractivity contribution is 9.10. The van der Waals surface area contributed by atoms with Gasteiger partial charge in [0.1, 0.15) is 11.6 Å². The minimum absolute atomic E-state index is 0.186. The van der Waals surface area contributed by atoms with Gasteiger partial charge in [-0.3, -0.25) is 4.79 Å². The predicted octanol–water partition coefficient (Wildman–Crippen LogP) is 4.00. The van der Waals surface area contributed by atoms with Gasteiger partial charge in [-0.1, -0.05) is 15.9 Å². The number of hydrogen-bond acceptors (Lipinski definition) is 3. The van der Waals surface area contributed by atoms with Crippen molar-refractivity contribution in [2.75, 3.05) is 5.32 Å². The zero-order chi connectivity index (χ0) is 15.5. The van der Waals surface area contributed by atoms with E-state index in [0.29, 0.717) is 5.82 Å². The first kappa shape index (κ1) is 15.3. The molecule has 1 aromatic heterocycles. The van der Waals surface area contributed by atoms with Gasteiger partial charge in [0.25, 0.3) is 5.91 Å². The molecule has 0 aliphatic carbocycles. The lowest BCUT2D eigenvalue weighted by Crippen LogP contribution is -2.17. The van der Waals surface area contributed by atoms with Crippen molar-refractivity contribution in [3.8, 4) is 5.75 Å². The number of pyridine rings is 1. The Morgan fingerprint density at radius 1 is 1.19 bits per heavy atom. The van der Waals surface area contributed by atoms with Crippen LogP contribution >= 0.6 is 15.9 Å². The number of benzene rings is 1. The number of aromatic nitrogens is 1. The van der Waals surface area contributed by atoms with E-state index >= 15 is 0 Å². The van der Waals surface area contributed by atoms with Crippen LogP contribution in [0.5, 0.6) is 5.75 Å². The second-order valence-corrected chi connectivity index (χ2v) is 4.80. The van der Waals surface area contributed by atoms with Crippen molar-refractivity contribution in [3.05, 3.63) is 52.6 Å². The van der Waals surface area contributed by atoms with E-state index in [1.165, 1.54) is 18.3 Å². The number of nitrogens with one attached hydrogen (secondary N) is 1. The zero-order valence-electron chi connectivity index (χ0n) is 10.3. The first-order chi connectivity index (χ1) is 9.83. The van der Waals surface area contributed by atoms with Crippen LogP contribution in [0.4, 0.5) is 19.0 Å². The fraction of sp³-hybridized carbons (Fsp3) is 0.0769. The molecule has 0 bridgehead atoms. The molecular formula is C13H8BrF3N2O2. The van der Waals surface area contributed by atoms with E-state index in [2.05, 4.69) is 31.0 Å². The normalized spacial score (nSPS) is 11.0. The Hall–Kier alpha value is -2.09. The quantitative estimate of drug-likeness (QED) is 0.899. The highest BCUT2D eigenvalue weighted by Crippen LogP contribution is 2.23. The fourth-order valence-electron chi connectivity index (χ4n) is 1.47. The number of nitrogens with zero attached hydrogens (tertiary/aromatic N) is 1. The van der Waals surface area contributed by atoms with Crippen molar-refractivity contribution in [3.63, 3.8) is 0 Å². The molecule has 0 aliphatic heterocycles. The number of anilines is 1. The van der Waals surface area contributed by atoms with Crippen LogP contribution in [0.15, 0.2) is 47.1 Å². The van der Waals surface area contributed by atoms with Gasteiger partial charge in [0.05, 0.1) is 0 Å². The van der Waals surface area contributed by atoms with Crippen LogP contribution < -0.4 is 10.1 Å². The number of amides is 1. The van der Waals surface area contributed by atoms with Gasteiger partial charge in [-0.25, -0.2) is 4.98 Å². The Morgan fingerprint density at radius 3 is 2.43 bits per heavy atom. The number of carbonyl (C=O) groups excluding carboxylic acids is 1. The number of hydrogen-bond donors (Lipinski definition) is 1. The highest BCUT2D eigenvalue weighted by atomic mass is 79.9. The van der Waals surface area contributed by atoms with Crippen LogP contribution in [0.2, 0.25) is 0 Å². The Labute approximate surface area is 126 Å². The van der Waals surface area contributed by atoms with Gasteiger partial charge in [-0.15, -0.1) is 13.2 Å². The summed E-state index contributed by atoms with van der Waals surface area (Å²) >= 11 is 3.23. The summed E-state index contributed by atoms with van der Waals surface area (Å²) in [6.07, 6.45) is -3.26. The average Bonchev–Trinajstić information content (AvgIpc) is 2.37. The lowest BCUT2D eigenvalue weighted by atomic mass is 10.2. The van der Waals surface area contributed by atoms with Crippen molar-refractivity contribution in [1.82, 2.24) is 4.98 Å². The van der Waals surface area contributed by atoms with Crippen LogP contribution in [0.25, 0.3) is 0 Å². The maximum absolute atomic E-state index is 12.0. The number of rotatable bonds is 3. The highest BCUT2D eigenvalue weighted by Gasteiger charge is 2.31. The number of alkyl halides is 3. The largest absolute Gasteiger partial charge is 0.573 e. The summed E-state index contributed by atoms with van der Waals surface area (Å²) in [5.74, 6) is -0.552. The van der Waals surface area contributed by atoms with Gasteiger partial charge in [-0.2, -0.15) is 0 Å². The molecule has 0 spiro atoms. The molecule has 0 radical (unpaired) electrons. The van der Waals surface area contributed by atoms with Gasteiger partial charge in [0.15, 0.2) is 0 Å². The Morgan fingerprint density at radius 2 is 1.86 bits per heavy atom. The van der Waals surface area contributed by atoms with Crippen LogP contribution in [0.3, 0.4) is 0 Å². The van der Waals surface area contributed by atoms with E-state index in [0.717, 1.165) is 16.6 Å². The number of carbonyl (C=O) groups is 1. The molecule has 2 rings (SSSR count). The van der Waals surface area contributed by atoms with Gasteiger partial charge < -0.3 is 10.1 Å². The number of ether oxygens (including phenoxy) is 1. The van der Waals surface area contributed by atoms with E-state index in [4.69, 9.17) is 0 Å². The summed E-state index contributed by atoms with van der Waals surface area (Å²) < 4.78 is 40.5. The molecule has 1 amide bonds. The summed E-state index contributed by atoms with van der Waals surface area (Å²) in [7, 11) is 0. The number of halogens is 4. The van der Waals surface area contributed by atoms with Crippen molar-refractivity contribution >= 4 is 27.7 Å². The van der Waals surface area contributed by atoms with Crippen LogP contribution in [-0.4, -0.2) is 17.3 Å². The summed E-state index contributed by atoms with van der Waals surface area (Å²) in [4.78, 5) is 15.8. The van der Waals surface area contributed by atoms with Crippen molar-refractivity contribution in [1.29, 1.82) is 0 Å². The maximum atomic E-state index is 12.0. The molecule has 110 valence electrons. The van der Waals surface area contributed by atoms with E-state index in [1.54, 1.807) is 12.1 Å². The van der Waals surface area contributed by atoms with Crippen molar-refractivity contribution < 1.29 is 22.7 Å². The SMILES string of the molecule is O=C(Nc1cc(Br)ccn1)c1ccc(OC(F)(F)F)cc1. The molecule has 8 heteroatoms. The van der Waals surface area contributed by atoms with E-state index in [9.17, 15) is 18.0 Å². The average molecular weight is 361 g/mol. The van der Waals surface area contributed by atoms with Gasteiger partial charge in [0.2, 0.25) is 0 Å². The molecular weight excluding hydrogens is 353 g/mol. The monoisotopic (exact) mass is 360 g/mol. The Balaban J connectivity index is 2.06. The molecule has 4 nitrogen and oxygen atoms in total. The lowest BCUT2D eigenvalue weighted by Gasteiger charge is -2.09. The first-order valence-electron chi connectivity index (χ1n) is 5.62. The Bertz CT molecular complexity index is 645. The van der Waals surface area contributed by atoms with Gasteiger partial charge in [-0.05, 0) is 36.4 Å². The fourth-order valence-corrected chi connectivity index (χ4v) is 1.80. The first-order valence-corrected chi connectivity index (χ1v) is 6.41. The summed E-state index contributed by atoms with van der Waals surface area (Å²) in [6.45, 7) is 0. The van der Waals surface area contributed by atoms with Gasteiger partial charge in [0, 0.05) is 16.2 Å². The Kier molecular flexibility index (Phi) is 4.46. The second kappa shape index (κ2) is 6.13. The third-order valence-corrected chi connectivity index (χ3v) is 2.81. The molecule has 0 saturated heterocycles. The molecule has 0 fully saturated rings. The topological polar surface area (TPSA) is 51.2 Å². The molecule has 0 saturated carbocycles. The molecule has 0 unspecified atom stereocenters. The van der Waals surface area contributed by atoms with Crippen LogP contribution in [0.1, 0.15) is 10.4 Å². The third kappa shape index (κ3) is 4.75. The zero-order valence-corrected chi connectivity index (χ0v) is 11.9. The maximum Gasteiger partial charge on any atom is 0.573 e. The van der Waals surface area contributed by atoms with Crippen LogP contribution in [-0.2, 0) is 0 Å². The van der Waals surface area contributed by atoms with Crippen LogP contribution in [0, 0.1) is 0 Å². The molecule has 1 aromatic carbocycles. The summed E-state index contributed by atoms with van der Waals surface area (Å²) in [5, 5.41) is 2.52. The molecule has 1 heterocycles. The summed E-state index contributed by atoms with van der Waals surface area (Å²) in [6, 6.07) is 7.88. The molecule has 1 N–H and O–H groups in total. The predicted molar refractivity (Wildman–Crippen MR) is 73.0 cm³/mol. The smallest absolute Gasteiger partial charge is 0.406 e. The summed E-state index contributed by atoms with van der Waals surface area (Å²) in [5.41, 5.74) is 0.186. The standard InChI is InChI=1S/C13H8BrF3N2O2/c14-9-5-6-18-11(7-9)19-12(20)8-1-3-10(4-2-8)21-13(15,16)17/h1-7H,(H,18,19,20). The molecule has 21 heavy (non-hydrogen) atoms. The van der Waals surface area contributed by atoms with E-state index in [-0.39, 0.29) is 11.3 Å². The van der Waals surface area contributed by atoms with Crippen molar-refractivity contribution in [2.45, 2.75) is 6.36 Å². The van der Waals surface area contributed by atoms with Gasteiger partial charge >= 0.3 is 6.36 Å². The molecule has 0 atom stereocenters. The lowest BCUT2D eigenvalue weighted by molar-refractivity contribution is -0.274. The van der Waals surface area contributed by atoms with E-state index < -0.39 is 12.3 Å². The minimum Gasteiger partial charge on any atom is -0.406 e. The molecule has 0 aliphatic rings. The van der Waals surface area contributed by atoms with Crippen molar-refractivity contribution in [2.24, 2.45) is 0 Å². The minimum atomic E-state index is -4.76. The third-order valence-electron chi connectivity index (χ3n) is 2.31. The second-order valence-electron chi connectivity index (χ2n) is 3.89. The van der Waals surface area contributed by atoms with E-state index in [1.807, 2.05) is 0 Å². The molecule has 2 aromatic rings.